The van der Waals surface area contributed by atoms with Gasteiger partial charge >= 0.3 is 5.97 Å². The summed E-state index contributed by atoms with van der Waals surface area (Å²) in [6.45, 7) is -0.494. The van der Waals surface area contributed by atoms with E-state index in [9.17, 15) is 24.5 Å². The highest BCUT2D eigenvalue weighted by Crippen LogP contribution is 2.36. The molecule has 1 N–H and O–H groups in total. The van der Waals surface area contributed by atoms with Crippen LogP contribution in [0.2, 0.25) is 0 Å². The summed E-state index contributed by atoms with van der Waals surface area (Å²) in [4.78, 5) is 47.0. The Hall–Kier alpha value is -3.20. The molecule has 2 aromatic carbocycles. The van der Waals surface area contributed by atoms with Crippen molar-refractivity contribution in [2.75, 3.05) is 11.9 Å². The van der Waals surface area contributed by atoms with Gasteiger partial charge in [0, 0.05) is 22.6 Å². The number of nitro groups is 1. The largest absolute Gasteiger partial charge is 0.457 e. The van der Waals surface area contributed by atoms with Crippen molar-refractivity contribution in [3.8, 4) is 0 Å². The summed E-state index contributed by atoms with van der Waals surface area (Å²) < 4.78 is 4.96. The molecule has 1 amide bonds. The molecular formula is C18H14N2O6S. The summed E-state index contributed by atoms with van der Waals surface area (Å²) in [7, 11) is 0. The summed E-state index contributed by atoms with van der Waals surface area (Å²) >= 11 is 1.27. The van der Waals surface area contributed by atoms with Crippen molar-refractivity contribution in [3.05, 3.63) is 64.2 Å². The molecule has 8 nitrogen and oxygen atoms in total. The molecule has 0 aromatic heterocycles. The first kappa shape index (κ1) is 18.6. The molecule has 1 atom stereocenters. The summed E-state index contributed by atoms with van der Waals surface area (Å²) in [5, 5.41) is 12.7. The molecular weight excluding hydrogens is 372 g/mol. The number of nitro benzene ring substituents is 1. The van der Waals surface area contributed by atoms with Crippen LogP contribution in [-0.4, -0.2) is 34.4 Å². The van der Waals surface area contributed by atoms with E-state index in [-0.39, 0.29) is 23.6 Å². The fourth-order valence-corrected chi connectivity index (χ4v) is 3.53. The van der Waals surface area contributed by atoms with Crippen molar-refractivity contribution in [1.82, 2.24) is 0 Å². The Kier molecular flexibility index (Phi) is 5.51. The van der Waals surface area contributed by atoms with E-state index >= 15 is 0 Å². The van der Waals surface area contributed by atoms with Gasteiger partial charge in [0.1, 0.15) is 0 Å². The molecule has 9 heteroatoms. The molecule has 0 fully saturated rings. The maximum atomic E-state index is 12.1. The Morgan fingerprint density at radius 1 is 1.15 bits per heavy atom. The van der Waals surface area contributed by atoms with E-state index < -0.39 is 28.5 Å². The number of carbonyl (C=O) groups excluding carboxylic acids is 3. The van der Waals surface area contributed by atoms with E-state index in [0.717, 1.165) is 4.90 Å². The van der Waals surface area contributed by atoms with Gasteiger partial charge < -0.3 is 10.1 Å². The maximum Gasteiger partial charge on any atom is 0.307 e. The lowest BCUT2D eigenvalue weighted by molar-refractivity contribution is -0.384. The van der Waals surface area contributed by atoms with Gasteiger partial charge in [-0.3, -0.25) is 24.5 Å². The van der Waals surface area contributed by atoms with Gasteiger partial charge in [-0.2, -0.15) is 0 Å². The van der Waals surface area contributed by atoms with Crippen LogP contribution in [0.4, 0.5) is 11.4 Å². The highest BCUT2D eigenvalue weighted by atomic mass is 32.2. The van der Waals surface area contributed by atoms with Gasteiger partial charge in [0.2, 0.25) is 5.91 Å². The van der Waals surface area contributed by atoms with Crippen molar-refractivity contribution < 1.29 is 24.0 Å². The van der Waals surface area contributed by atoms with Gasteiger partial charge in [0.25, 0.3) is 5.69 Å². The number of benzene rings is 2. The number of hydrogen-bond donors (Lipinski definition) is 1. The fraction of sp³-hybridized carbons (Fsp3) is 0.167. The van der Waals surface area contributed by atoms with Gasteiger partial charge in [-0.25, -0.2) is 0 Å². The Morgan fingerprint density at radius 2 is 1.85 bits per heavy atom. The van der Waals surface area contributed by atoms with Crippen LogP contribution >= 0.6 is 11.8 Å². The number of ketones is 1. The molecule has 0 bridgehead atoms. The number of ether oxygens (including phenoxy) is 1. The number of thioether (sulfide) groups is 1. The van der Waals surface area contributed by atoms with Crippen LogP contribution in [0.1, 0.15) is 16.8 Å². The first-order valence-electron chi connectivity index (χ1n) is 7.94. The van der Waals surface area contributed by atoms with Crippen molar-refractivity contribution in [1.29, 1.82) is 0 Å². The number of esters is 1. The summed E-state index contributed by atoms with van der Waals surface area (Å²) in [5.74, 6) is -1.45. The number of amides is 1. The summed E-state index contributed by atoms with van der Waals surface area (Å²) in [5.41, 5.74) is 0.765. The third kappa shape index (κ3) is 4.50. The molecule has 2 aromatic rings. The van der Waals surface area contributed by atoms with Crippen LogP contribution in [0.15, 0.2) is 53.4 Å². The van der Waals surface area contributed by atoms with Gasteiger partial charge in [-0.05, 0) is 24.3 Å². The predicted octanol–water partition coefficient (Wildman–Crippen LogP) is 2.82. The molecule has 3 rings (SSSR count). The number of para-hydroxylation sites is 1. The van der Waals surface area contributed by atoms with Crippen molar-refractivity contribution in [3.63, 3.8) is 0 Å². The number of Topliss-reactive ketones (excluding diaryl/α,β-unsaturated/α-hetero) is 1. The second kappa shape index (κ2) is 8.00. The second-order valence-corrected chi connectivity index (χ2v) is 6.93. The molecule has 0 spiro atoms. The molecule has 0 unspecified atom stereocenters. The zero-order chi connectivity index (χ0) is 19.4. The molecule has 0 saturated carbocycles. The van der Waals surface area contributed by atoms with Crippen LogP contribution < -0.4 is 5.32 Å². The second-order valence-electron chi connectivity index (χ2n) is 5.68. The quantitative estimate of drug-likeness (QED) is 0.351. The molecule has 1 aliphatic rings. The zero-order valence-electron chi connectivity index (χ0n) is 13.9. The first-order valence-corrected chi connectivity index (χ1v) is 8.82. The first-order chi connectivity index (χ1) is 12.9. The van der Waals surface area contributed by atoms with Crippen molar-refractivity contribution in [2.45, 2.75) is 16.6 Å². The van der Waals surface area contributed by atoms with E-state index in [4.69, 9.17) is 4.74 Å². The maximum absolute atomic E-state index is 12.1. The van der Waals surface area contributed by atoms with Crippen LogP contribution in [0.25, 0.3) is 0 Å². The van der Waals surface area contributed by atoms with Gasteiger partial charge in [-0.15, -0.1) is 11.8 Å². The minimum absolute atomic E-state index is 0.135. The molecule has 1 heterocycles. The minimum Gasteiger partial charge on any atom is -0.457 e. The predicted molar refractivity (Wildman–Crippen MR) is 97.7 cm³/mol. The number of nitrogens with zero attached hydrogens (tertiary/aromatic N) is 1. The Balaban J connectivity index is 1.53. The van der Waals surface area contributed by atoms with E-state index in [1.807, 2.05) is 12.1 Å². The standard InChI is InChI=1S/C18H14N2O6S/c21-14(11-5-7-12(8-6-11)20(24)25)10-26-17(22)9-16-18(23)19-13-3-1-2-4-15(13)27-16/h1-8,16H,9-10H2,(H,19,23)/t16-/m1/s1. The summed E-state index contributed by atoms with van der Waals surface area (Å²) in [6, 6.07) is 12.3. The lowest BCUT2D eigenvalue weighted by Crippen LogP contribution is -2.31. The smallest absolute Gasteiger partial charge is 0.307 e. The number of carbonyl (C=O) groups is 3. The average molecular weight is 386 g/mol. The number of anilines is 1. The lowest BCUT2D eigenvalue weighted by Gasteiger charge is -2.23. The van der Waals surface area contributed by atoms with Crippen molar-refractivity contribution >= 4 is 40.8 Å². The Morgan fingerprint density at radius 3 is 2.56 bits per heavy atom. The minimum atomic E-state index is -0.669. The third-order valence-corrected chi connectivity index (χ3v) is 5.10. The highest BCUT2D eigenvalue weighted by Gasteiger charge is 2.29. The summed E-state index contributed by atoms with van der Waals surface area (Å²) in [6.07, 6.45) is -0.168. The van der Waals surface area contributed by atoms with Gasteiger partial charge in [0.15, 0.2) is 12.4 Å². The third-order valence-electron chi connectivity index (χ3n) is 3.82. The highest BCUT2D eigenvalue weighted by molar-refractivity contribution is 8.01. The number of fused-ring (bicyclic) bond motifs is 1. The Bertz CT molecular complexity index is 912. The van der Waals surface area contributed by atoms with Crippen LogP contribution in [0.3, 0.4) is 0 Å². The van der Waals surface area contributed by atoms with Crippen LogP contribution in [0.5, 0.6) is 0 Å². The van der Waals surface area contributed by atoms with Crippen LogP contribution in [0, 0.1) is 10.1 Å². The Labute approximate surface area is 158 Å². The lowest BCUT2D eigenvalue weighted by atomic mass is 10.1. The molecule has 1 aliphatic heterocycles. The van der Waals surface area contributed by atoms with E-state index in [1.54, 1.807) is 12.1 Å². The van der Waals surface area contributed by atoms with Gasteiger partial charge in [-0.1, -0.05) is 12.1 Å². The monoisotopic (exact) mass is 386 g/mol. The molecule has 27 heavy (non-hydrogen) atoms. The molecule has 0 aliphatic carbocycles. The number of nitrogens with one attached hydrogen (secondary N) is 1. The van der Waals surface area contributed by atoms with Crippen molar-refractivity contribution in [2.24, 2.45) is 0 Å². The zero-order valence-corrected chi connectivity index (χ0v) is 14.7. The van der Waals surface area contributed by atoms with Crippen LogP contribution in [-0.2, 0) is 14.3 Å². The topological polar surface area (TPSA) is 116 Å². The molecule has 0 radical (unpaired) electrons. The molecule has 138 valence electrons. The van der Waals surface area contributed by atoms with E-state index in [2.05, 4.69) is 5.32 Å². The van der Waals surface area contributed by atoms with E-state index in [1.165, 1.54) is 36.0 Å². The average Bonchev–Trinajstić information content (AvgIpc) is 2.66. The SMILES string of the molecule is O=C(C[C@H]1Sc2ccccc2NC1=O)OCC(=O)c1ccc([N+](=O)[O-])cc1. The number of non-ortho nitro benzene ring substituents is 1. The number of rotatable bonds is 6. The fourth-order valence-electron chi connectivity index (χ4n) is 2.44. The van der Waals surface area contributed by atoms with E-state index in [0.29, 0.717) is 5.69 Å². The molecule has 0 saturated heterocycles. The number of hydrogen-bond acceptors (Lipinski definition) is 7. The van der Waals surface area contributed by atoms with Gasteiger partial charge in [0.05, 0.1) is 22.3 Å². The normalized spacial score (nSPS) is 15.4.